The minimum atomic E-state index is -0.567. The van der Waals surface area contributed by atoms with Gasteiger partial charge in [-0.2, -0.15) is 0 Å². The number of hydrogen-bond acceptors (Lipinski definition) is 5. The molecule has 11 heavy (non-hydrogen) atoms. The van der Waals surface area contributed by atoms with Crippen LogP contribution in [0.5, 0.6) is 0 Å². The smallest absolute Gasteiger partial charge is 0.311 e. The molecular formula is C5H8N4O2. The SMILES string of the molecule is N.Nc1ncccc1[N+](=O)[O-]. The Balaban J connectivity index is 0.000001000. The van der Waals surface area contributed by atoms with E-state index in [-0.39, 0.29) is 17.7 Å². The van der Waals surface area contributed by atoms with Crippen molar-refractivity contribution < 1.29 is 4.92 Å². The van der Waals surface area contributed by atoms with Gasteiger partial charge in [0.2, 0.25) is 5.82 Å². The highest BCUT2D eigenvalue weighted by Gasteiger charge is 2.08. The van der Waals surface area contributed by atoms with Crippen LogP contribution in [0.4, 0.5) is 11.5 Å². The molecule has 0 fully saturated rings. The fraction of sp³-hybridized carbons (Fsp3) is 0. The van der Waals surface area contributed by atoms with E-state index in [4.69, 9.17) is 5.73 Å². The molecule has 0 amide bonds. The van der Waals surface area contributed by atoms with Gasteiger partial charge in [-0.1, -0.05) is 0 Å². The van der Waals surface area contributed by atoms with Gasteiger partial charge in [-0.05, 0) is 6.07 Å². The summed E-state index contributed by atoms with van der Waals surface area (Å²) in [7, 11) is 0. The number of nitro groups is 1. The highest BCUT2D eigenvalue weighted by molar-refractivity contribution is 5.50. The van der Waals surface area contributed by atoms with Crippen LogP contribution in [0.25, 0.3) is 0 Å². The summed E-state index contributed by atoms with van der Waals surface area (Å²) in [5.74, 6) is -0.0486. The minimum Gasteiger partial charge on any atom is -0.378 e. The Hall–Kier alpha value is -1.69. The highest BCUT2D eigenvalue weighted by atomic mass is 16.6. The maximum atomic E-state index is 10.1. The summed E-state index contributed by atoms with van der Waals surface area (Å²) in [5.41, 5.74) is 5.02. The van der Waals surface area contributed by atoms with Crippen molar-refractivity contribution in [3.63, 3.8) is 0 Å². The van der Waals surface area contributed by atoms with Crippen LogP contribution >= 0.6 is 0 Å². The zero-order valence-electron chi connectivity index (χ0n) is 5.73. The molecule has 0 bridgehead atoms. The lowest BCUT2D eigenvalue weighted by Crippen LogP contribution is -1.96. The summed E-state index contributed by atoms with van der Waals surface area (Å²) in [5, 5.41) is 10.1. The molecule has 1 rings (SSSR count). The normalized spacial score (nSPS) is 8.36. The Morgan fingerprint density at radius 2 is 2.27 bits per heavy atom. The van der Waals surface area contributed by atoms with E-state index in [1.165, 1.54) is 18.3 Å². The van der Waals surface area contributed by atoms with Crippen LogP contribution < -0.4 is 11.9 Å². The third-order valence-corrected chi connectivity index (χ3v) is 1.01. The van der Waals surface area contributed by atoms with Crippen LogP contribution in [0.2, 0.25) is 0 Å². The number of nitrogen functional groups attached to an aromatic ring is 1. The molecule has 6 heteroatoms. The first-order chi connectivity index (χ1) is 4.72. The number of nitrogens with zero attached hydrogens (tertiary/aromatic N) is 2. The van der Waals surface area contributed by atoms with E-state index in [2.05, 4.69) is 4.98 Å². The molecule has 60 valence electrons. The van der Waals surface area contributed by atoms with Crippen molar-refractivity contribution in [1.29, 1.82) is 0 Å². The lowest BCUT2D eigenvalue weighted by molar-refractivity contribution is -0.384. The molecular weight excluding hydrogens is 148 g/mol. The van der Waals surface area contributed by atoms with E-state index in [0.29, 0.717) is 0 Å². The van der Waals surface area contributed by atoms with Crippen molar-refractivity contribution in [2.45, 2.75) is 0 Å². The lowest BCUT2D eigenvalue weighted by Gasteiger charge is -1.91. The predicted molar refractivity (Wildman–Crippen MR) is 40.3 cm³/mol. The van der Waals surface area contributed by atoms with Crippen molar-refractivity contribution >= 4 is 11.5 Å². The summed E-state index contributed by atoms with van der Waals surface area (Å²) >= 11 is 0. The van der Waals surface area contributed by atoms with Gasteiger partial charge in [0.25, 0.3) is 0 Å². The van der Waals surface area contributed by atoms with Crippen LogP contribution in [0.3, 0.4) is 0 Å². The van der Waals surface area contributed by atoms with Crippen molar-refractivity contribution in [2.24, 2.45) is 0 Å². The molecule has 0 unspecified atom stereocenters. The lowest BCUT2D eigenvalue weighted by atomic mass is 10.4. The Bertz CT molecular complexity index is 262. The zero-order chi connectivity index (χ0) is 7.56. The predicted octanol–water partition coefficient (Wildman–Crippen LogP) is 0.734. The van der Waals surface area contributed by atoms with Crippen LogP contribution in [-0.4, -0.2) is 9.91 Å². The molecule has 0 aliphatic carbocycles. The van der Waals surface area contributed by atoms with Gasteiger partial charge in [0, 0.05) is 12.3 Å². The molecule has 1 heterocycles. The van der Waals surface area contributed by atoms with Crippen LogP contribution in [0.15, 0.2) is 18.3 Å². The molecule has 0 saturated heterocycles. The Labute approximate surface area is 62.8 Å². The number of rotatable bonds is 1. The molecule has 1 aromatic rings. The molecule has 0 aliphatic heterocycles. The average molecular weight is 156 g/mol. The van der Waals surface area contributed by atoms with Crippen molar-refractivity contribution in [2.75, 3.05) is 5.73 Å². The summed E-state index contributed by atoms with van der Waals surface area (Å²) in [6.07, 6.45) is 1.41. The fourth-order valence-electron chi connectivity index (χ4n) is 0.563. The molecule has 1 aromatic heterocycles. The van der Waals surface area contributed by atoms with E-state index in [9.17, 15) is 10.1 Å². The largest absolute Gasteiger partial charge is 0.378 e. The second kappa shape index (κ2) is 3.47. The molecule has 0 atom stereocenters. The average Bonchev–Trinajstić information content (AvgIpc) is 1.88. The molecule has 0 aromatic carbocycles. The summed E-state index contributed by atoms with van der Waals surface area (Å²) in [4.78, 5) is 13.1. The van der Waals surface area contributed by atoms with E-state index < -0.39 is 4.92 Å². The first-order valence-corrected chi connectivity index (χ1v) is 2.56. The number of aromatic nitrogens is 1. The van der Waals surface area contributed by atoms with Crippen molar-refractivity contribution in [3.8, 4) is 0 Å². The summed E-state index contributed by atoms with van der Waals surface area (Å²) < 4.78 is 0. The third kappa shape index (κ3) is 1.87. The van der Waals surface area contributed by atoms with Gasteiger partial charge in [-0.25, -0.2) is 4.98 Å². The fourth-order valence-corrected chi connectivity index (χ4v) is 0.563. The number of nitrogens with two attached hydrogens (primary N) is 1. The van der Waals surface area contributed by atoms with Gasteiger partial charge >= 0.3 is 5.69 Å². The molecule has 6 nitrogen and oxygen atoms in total. The molecule has 0 saturated carbocycles. The molecule has 0 aliphatic rings. The monoisotopic (exact) mass is 156 g/mol. The number of pyridine rings is 1. The summed E-state index contributed by atoms with van der Waals surface area (Å²) in [6.45, 7) is 0. The van der Waals surface area contributed by atoms with Gasteiger partial charge < -0.3 is 11.9 Å². The third-order valence-electron chi connectivity index (χ3n) is 1.01. The Kier molecular flexibility index (Phi) is 2.94. The number of hydrogen-bond donors (Lipinski definition) is 2. The zero-order valence-corrected chi connectivity index (χ0v) is 5.73. The van der Waals surface area contributed by atoms with E-state index in [1.54, 1.807) is 0 Å². The topological polar surface area (TPSA) is 117 Å². The van der Waals surface area contributed by atoms with Gasteiger partial charge in [0.1, 0.15) is 0 Å². The first-order valence-electron chi connectivity index (χ1n) is 2.56. The van der Waals surface area contributed by atoms with Crippen molar-refractivity contribution in [1.82, 2.24) is 11.1 Å². The minimum absolute atomic E-state index is 0. The first kappa shape index (κ1) is 9.31. The van der Waals surface area contributed by atoms with Gasteiger partial charge in [0.15, 0.2) is 0 Å². The highest BCUT2D eigenvalue weighted by Crippen LogP contribution is 2.15. The van der Waals surface area contributed by atoms with Gasteiger partial charge in [-0.15, -0.1) is 0 Å². The number of anilines is 1. The quantitative estimate of drug-likeness (QED) is 0.459. The maximum absolute atomic E-state index is 10.1. The van der Waals surface area contributed by atoms with Crippen LogP contribution in [0, 0.1) is 10.1 Å². The second-order valence-corrected chi connectivity index (χ2v) is 1.66. The molecule has 0 radical (unpaired) electrons. The molecule has 0 spiro atoms. The van der Waals surface area contributed by atoms with Crippen LogP contribution in [0.1, 0.15) is 0 Å². The van der Waals surface area contributed by atoms with Gasteiger partial charge in [0.05, 0.1) is 4.92 Å². The van der Waals surface area contributed by atoms with Crippen molar-refractivity contribution in [3.05, 3.63) is 28.4 Å². The molecule has 5 N–H and O–H groups in total. The second-order valence-electron chi connectivity index (χ2n) is 1.66. The van der Waals surface area contributed by atoms with E-state index in [0.717, 1.165) is 0 Å². The van der Waals surface area contributed by atoms with E-state index >= 15 is 0 Å². The van der Waals surface area contributed by atoms with Crippen LogP contribution in [-0.2, 0) is 0 Å². The standard InChI is InChI=1S/C5H5N3O2.H3N/c6-5-4(8(9)10)2-1-3-7-5;/h1-3H,(H2,6,7);1H3. The Morgan fingerprint density at radius 3 is 2.64 bits per heavy atom. The summed E-state index contributed by atoms with van der Waals surface area (Å²) in [6, 6.07) is 2.77. The maximum Gasteiger partial charge on any atom is 0.311 e. The van der Waals surface area contributed by atoms with E-state index in [1.807, 2.05) is 0 Å². The Morgan fingerprint density at radius 1 is 1.64 bits per heavy atom. The van der Waals surface area contributed by atoms with Gasteiger partial charge in [-0.3, -0.25) is 10.1 Å².